The van der Waals surface area contributed by atoms with Gasteiger partial charge in [-0.3, -0.25) is 4.90 Å². The number of nitrogens with zero attached hydrogens (tertiary/aromatic N) is 1. The minimum Gasteiger partial charge on any atom is -0.312 e. The van der Waals surface area contributed by atoms with Crippen molar-refractivity contribution in [2.45, 2.75) is 45.2 Å². The van der Waals surface area contributed by atoms with Crippen LogP contribution in [0.15, 0.2) is 24.3 Å². The van der Waals surface area contributed by atoms with Crippen molar-refractivity contribution in [2.75, 3.05) is 20.1 Å². The van der Waals surface area contributed by atoms with Gasteiger partial charge in [0.05, 0.1) is 0 Å². The fourth-order valence-corrected chi connectivity index (χ4v) is 2.73. The van der Waals surface area contributed by atoms with Gasteiger partial charge in [0.1, 0.15) is 5.82 Å². The number of halogens is 1. The molecular weight excluding hydrogens is 251 g/mol. The molecule has 2 atom stereocenters. The van der Waals surface area contributed by atoms with Crippen LogP contribution in [0.2, 0.25) is 0 Å². The van der Waals surface area contributed by atoms with E-state index in [-0.39, 0.29) is 11.9 Å². The van der Waals surface area contributed by atoms with Crippen molar-refractivity contribution in [1.82, 2.24) is 10.2 Å². The zero-order chi connectivity index (χ0) is 14.5. The second-order valence-electron chi connectivity index (χ2n) is 6.04. The Morgan fingerprint density at radius 3 is 2.65 bits per heavy atom. The Labute approximate surface area is 122 Å². The molecule has 0 bridgehead atoms. The molecule has 2 nitrogen and oxygen atoms in total. The number of hydrogen-bond donors (Lipinski definition) is 1. The van der Waals surface area contributed by atoms with Gasteiger partial charge in [0.25, 0.3) is 0 Å². The summed E-state index contributed by atoms with van der Waals surface area (Å²) in [4.78, 5) is 2.27. The van der Waals surface area contributed by atoms with Gasteiger partial charge >= 0.3 is 0 Å². The van der Waals surface area contributed by atoms with Gasteiger partial charge in [-0.25, -0.2) is 4.39 Å². The SMILES string of the molecule is CCCNC(CN(C)C(C)c1ccccc1F)C1CC1. The molecule has 1 N–H and O–H groups in total. The molecule has 1 saturated carbocycles. The maximum atomic E-state index is 13.9. The molecule has 112 valence electrons. The van der Waals surface area contributed by atoms with E-state index in [1.54, 1.807) is 12.1 Å². The molecule has 3 heteroatoms. The minimum atomic E-state index is -0.101. The first kappa shape index (κ1) is 15.5. The maximum absolute atomic E-state index is 13.9. The van der Waals surface area contributed by atoms with Gasteiger partial charge < -0.3 is 5.32 Å². The Morgan fingerprint density at radius 1 is 1.35 bits per heavy atom. The summed E-state index contributed by atoms with van der Waals surface area (Å²) in [6.07, 6.45) is 3.84. The third-order valence-electron chi connectivity index (χ3n) is 4.35. The lowest BCUT2D eigenvalue weighted by Gasteiger charge is -2.30. The molecule has 20 heavy (non-hydrogen) atoms. The zero-order valence-corrected chi connectivity index (χ0v) is 12.9. The van der Waals surface area contributed by atoms with E-state index < -0.39 is 0 Å². The van der Waals surface area contributed by atoms with Crippen LogP contribution in [0.3, 0.4) is 0 Å². The predicted octanol–water partition coefficient (Wildman–Crippen LogP) is 3.60. The molecule has 0 saturated heterocycles. The van der Waals surface area contributed by atoms with E-state index in [1.807, 2.05) is 12.1 Å². The van der Waals surface area contributed by atoms with Crippen LogP contribution in [0.4, 0.5) is 4.39 Å². The van der Waals surface area contributed by atoms with E-state index in [0.717, 1.165) is 31.0 Å². The van der Waals surface area contributed by atoms with Crippen LogP contribution in [0.25, 0.3) is 0 Å². The summed E-state index contributed by atoms with van der Waals surface area (Å²) in [5, 5.41) is 3.65. The second-order valence-corrected chi connectivity index (χ2v) is 6.04. The van der Waals surface area contributed by atoms with Gasteiger partial charge in [-0.1, -0.05) is 25.1 Å². The monoisotopic (exact) mass is 278 g/mol. The summed E-state index contributed by atoms with van der Waals surface area (Å²) in [5.41, 5.74) is 0.792. The predicted molar refractivity (Wildman–Crippen MR) is 82.3 cm³/mol. The number of hydrogen-bond acceptors (Lipinski definition) is 2. The van der Waals surface area contributed by atoms with Gasteiger partial charge in [-0.2, -0.15) is 0 Å². The highest BCUT2D eigenvalue weighted by Gasteiger charge is 2.32. The van der Waals surface area contributed by atoms with Crippen LogP contribution in [0, 0.1) is 11.7 Å². The van der Waals surface area contributed by atoms with Crippen LogP contribution < -0.4 is 5.32 Å². The van der Waals surface area contributed by atoms with E-state index in [4.69, 9.17) is 0 Å². The number of benzene rings is 1. The summed E-state index contributed by atoms with van der Waals surface area (Å²) < 4.78 is 13.9. The number of nitrogens with one attached hydrogen (secondary N) is 1. The fourth-order valence-electron chi connectivity index (χ4n) is 2.73. The summed E-state index contributed by atoms with van der Waals surface area (Å²) in [7, 11) is 2.10. The van der Waals surface area contributed by atoms with Crippen molar-refractivity contribution in [1.29, 1.82) is 0 Å². The van der Waals surface area contributed by atoms with E-state index in [9.17, 15) is 4.39 Å². The average Bonchev–Trinajstić information content (AvgIpc) is 3.27. The molecule has 0 aromatic heterocycles. The van der Waals surface area contributed by atoms with Crippen LogP contribution in [0.1, 0.15) is 44.7 Å². The highest BCUT2D eigenvalue weighted by Crippen LogP contribution is 2.34. The third kappa shape index (κ3) is 4.03. The zero-order valence-electron chi connectivity index (χ0n) is 12.9. The summed E-state index contributed by atoms with van der Waals surface area (Å²) in [5.74, 6) is 0.716. The molecule has 0 radical (unpaired) electrons. The van der Waals surface area contributed by atoms with Crippen LogP contribution >= 0.6 is 0 Å². The van der Waals surface area contributed by atoms with E-state index in [0.29, 0.717) is 6.04 Å². The van der Waals surface area contributed by atoms with Crippen molar-refractivity contribution in [2.24, 2.45) is 5.92 Å². The van der Waals surface area contributed by atoms with Crippen LogP contribution in [0.5, 0.6) is 0 Å². The first-order valence-electron chi connectivity index (χ1n) is 7.81. The normalized spacial score (nSPS) is 18.2. The van der Waals surface area contributed by atoms with Crippen molar-refractivity contribution >= 4 is 0 Å². The largest absolute Gasteiger partial charge is 0.312 e. The Kier molecular flexibility index (Phi) is 5.55. The quantitative estimate of drug-likeness (QED) is 0.781. The van der Waals surface area contributed by atoms with E-state index >= 15 is 0 Å². The van der Waals surface area contributed by atoms with Gasteiger partial charge in [0.15, 0.2) is 0 Å². The first-order valence-corrected chi connectivity index (χ1v) is 7.81. The molecule has 1 aromatic carbocycles. The molecule has 1 fully saturated rings. The minimum absolute atomic E-state index is 0.101. The van der Waals surface area contributed by atoms with Crippen molar-refractivity contribution in [3.63, 3.8) is 0 Å². The molecule has 1 aliphatic carbocycles. The maximum Gasteiger partial charge on any atom is 0.127 e. The fraction of sp³-hybridized carbons (Fsp3) is 0.647. The molecule has 1 aromatic rings. The molecule has 0 spiro atoms. The van der Waals surface area contributed by atoms with Crippen molar-refractivity contribution in [3.8, 4) is 0 Å². The lowest BCUT2D eigenvalue weighted by molar-refractivity contribution is 0.217. The van der Waals surface area contributed by atoms with Gasteiger partial charge in [0, 0.05) is 24.2 Å². The molecule has 1 aliphatic rings. The van der Waals surface area contributed by atoms with Gasteiger partial charge in [-0.05, 0) is 51.8 Å². The highest BCUT2D eigenvalue weighted by molar-refractivity contribution is 5.20. The summed E-state index contributed by atoms with van der Waals surface area (Å²) in [6.45, 7) is 6.34. The average molecular weight is 278 g/mol. The topological polar surface area (TPSA) is 15.3 Å². The third-order valence-corrected chi connectivity index (χ3v) is 4.35. The number of likely N-dealkylation sites (N-methyl/N-ethyl adjacent to an activating group) is 1. The first-order chi connectivity index (χ1) is 9.63. The Hall–Kier alpha value is -0.930. The lowest BCUT2D eigenvalue weighted by atomic mass is 10.1. The Morgan fingerprint density at radius 2 is 2.05 bits per heavy atom. The molecular formula is C17H27FN2. The van der Waals surface area contributed by atoms with E-state index in [2.05, 4.69) is 31.1 Å². The van der Waals surface area contributed by atoms with E-state index in [1.165, 1.54) is 12.8 Å². The highest BCUT2D eigenvalue weighted by atomic mass is 19.1. The smallest absolute Gasteiger partial charge is 0.127 e. The molecule has 0 heterocycles. The Bertz CT molecular complexity index is 417. The van der Waals surface area contributed by atoms with Gasteiger partial charge in [-0.15, -0.1) is 0 Å². The standard InChI is InChI=1S/C17H27FN2/c1-4-11-19-17(14-9-10-14)12-20(3)13(2)15-7-5-6-8-16(15)18/h5-8,13-14,17,19H,4,9-12H2,1-3H3. The molecule has 2 unspecified atom stereocenters. The van der Waals surface area contributed by atoms with Crippen LogP contribution in [-0.4, -0.2) is 31.1 Å². The van der Waals surface area contributed by atoms with Crippen molar-refractivity contribution in [3.05, 3.63) is 35.6 Å². The number of rotatable bonds is 8. The van der Waals surface area contributed by atoms with Crippen LogP contribution in [-0.2, 0) is 0 Å². The lowest BCUT2D eigenvalue weighted by Crippen LogP contribution is -2.42. The molecule has 0 aliphatic heterocycles. The summed E-state index contributed by atoms with van der Waals surface area (Å²) in [6, 6.07) is 7.77. The van der Waals surface area contributed by atoms with Crippen molar-refractivity contribution < 1.29 is 4.39 Å². The second kappa shape index (κ2) is 7.19. The Balaban J connectivity index is 1.95. The molecule has 2 rings (SSSR count). The van der Waals surface area contributed by atoms with Gasteiger partial charge in [0.2, 0.25) is 0 Å². The summed E-state index contributed by atoms with van der Waals surface area (Å²) >= 11 is 0. The molecule has 0 amide bonds.